The molecule has 1 heterocycles. The number of aryl methyl sites for hydroxylation is 1. The molecule has 1 atom stereocenters. The summed E-state index contributed by atoms with van der Waals surface area (Å²) < 4.78 is 0. The summed E-state index contributed by atoms with van der Waals surface area (Å²) in [5.74, 6) is -0.867. The Kier molecular flexibility index (Phi) is 3.53. The van der Waals surface area contributed by atoms with Gasteiger partial charge in [0.2, 0.25) is 0 Å². The minimum atomic E-state index is -0.948. The number of aromatic nitrogens is 1. The zero-order valence-electron chi connectivity index (χ0n) is 11.2. The van der Waals surface area contributed by atoms with Crippen LogP contribution in [0.3, 0.4) is 0 Å². The van der Waals surface area contributed by atoms with Gasteiger partial charge in [0, 0.05) is 17.6 Å². The van der Waals surface area contributed by atoms with Crippen LogP contribution in [0.4, 0.5) is 0 Å². The molecule has 0 spiro atoms. The van der Waals surface area contributed by atoms with Crippen molar-refractivity contribution in [3.05, 3.63) is 41.6 Å². The van der Waals surface area contributed by atoms with Gasteiger partial charge in [0.25, 0.3) is 0 Å². The molecule has 4 nitrogen and oxygen atoms in total. The quantitative estimate of drug-likeness (QED) is 0.880. The summed E-state index contributed by atoms with van der Waals surface area (Å²) in [6.07, 6.45) is 0.405. The monoisotopic (exact) mass is 258 g/mol. The van der Waals surface area contributed by atoms with Crippen molar-refractivity contribution in [1.82, 2.24) is 4.98 Å². The molecular weight excluding hydrogens is 240 g/mol. The van der Waals surface area contributed by atoms with Gasteiger partial charge in [-0.3, -0.25) is 9.78 Å². The minimum Gasteiger partial charge on any atom is -0.481 e. The van der Waals surface area contributed by atoms with Gasteiger partial charge in [0.1, 0.15) is 0 Å². The van der Waals surface area contributed by atoms with Crippen molar-refractivity contribution in [2.75, 3.05) is 6.54 Å². The third-order valence-electron chi connectivity index (χ3n) is 3.48. The minimum absolute atomic E-state index is 0.109. The number of hydrogen-bond acceptors (Lipinski definition) is 3. The van der Waals surface area contributed by atoms with Crippen LogP contribution in [0, 0.1) is 12.3 Å². The van der Waals surface area contributed by atoms with Crippen molar-refractivity contribution in [2.24, 2.45) is 11.1 Å². The van der Waals surface area contributed by atoms with Gasteiger partial charge >= 0.3 is 5.97 Å². The fourth-order valence-corrected chi connectivity index (χ4v) is 2.20. The first-order chi connectivity index (χ1) is 8.96. The van der Waals surface area contributed by atoms with Gasteiger partial charge in [0.05, 0.1) is 10.9 Å². The number of fused-ring (bicyclic) bond motifs is 1. The van der Waals surface area contributed by atoms with Gasteiger partial charge in [0.15, 0.2) is 0 Å². The van der Waals surface area contributed by atoms with Gasteiger partial charge in [-0.05, 0) is 38.0 Å². The Morgan fingerprint density at radius 2 is 2.11 bits per heavy atom. The number of para-hydroxylation sites is 1. The summed E-state index contributed by atoms with van der Waals surface area (Å²) in [4.78, 5) is 15.8. The van der Waals surface area contributed by atoms with Crippen LogP contribution in [0.5, 0.6) is 0 Å². The molecule has 0 radical (unpaired) electrons. The van der Waals surface area contributed by atoms with E-state index in [1.54, 1.807) is 6.92 Å². The van der Waals surface area contributed by atoms with E-state index in [-0.39, 0.29) is 6.54 Å². The third kappa shape index (κ3) is 2.58. The van der Waals surface area contributed by atoms with Crippen molar-refractivity contribution in [1.29, 1.82) is 0 Å². The smallest absolute Gasteiger partial charge is 0.310 e. The van der Waals surface area contributed by atoms with Crippen molar-refractivity contribution in [3.63, 3.8) is 0 Å². The summed E-state index contributed by atoms with van der Waals surface area (Å²) >= 11 is 0. The van der Waals surface area contributed by atoms with E-state index in [9.17, 15) is 9.90 Å². The Hall–Kier alpha value is -1.94. The van der Waals surface area contributed by atoms with Gasteiger partial charge < -0.3 is 10.8 Å². The summed E-state index contributed by atoms with van der Waals surface area (Å²) in [6.45, 7) is 3.70. The summed E-state index contributed by atoms with van der Waals surface area (Å²) in [5.41, 5.74) is 7.46. The van der Waals surface area contributed by atoms with E-state index in [0.29, 0.717) is 6.42 Å². The maximum Gasteiger partial charge on any atom is 0.310 e. The van der Waals surface area contributed by atoms with Crippen molar-refractivity contribution >= 4 is 16.9 Å². The van der Waals surface area contributed by atoms with Gasteiger partial charge in [-0.25, -0.2) is 0 Å². The molecule has 4 heteroatoms. The lowest BCUT2D eigenvalue weighted by Crippen LogP contribution is -2.37. The number of nitrogens with zero attached hydrogens (tertiary/aromatic N) is 1. The summed E-state index contributed by atoms with van der Waals surface area (Å²) in [6, 6.07) is 9.71. The molecule has 1 aromatic heterocycles. The number of carboxylic acids is 1. The highest BCUT2D eigenvalue weighted by Gasteiger charge is 2.32. The van der Waals surface area contributed by atoms with Gasteiger partial charge in [-0.15, -0.1) is 0 Å². The summed E-state index contributed by atoms with van der Waals surface area (Å²) in [5, 5.41) is 10.3. The molecule has 1 aromatic carbocycles. The Balaban J connectivity index is 2.53. The van der Waals surface area contributed by atoms with Crippen LogP contribution in [0.25, 0.3) is 10.9 Å². The number of benzene rings is 1. The SMILES string of the molecule is Cc1cc(CC(C)(CN)C(=O)O)c2ccccc2n1. The molecule has 0 aliphatic carbocycles. The highest BCUT2D eigenvalue weighted by Crippen LogP contribution is 2.27. The Morgan fingerprint density at radius 3 is 2.74 bits per heavy atom. The molecule has 2 aromatic rings. The Labute approximate surface area is 112 Å². The molecule has 0 bridgehead atoms. The lowest BCUT2D eigenvalue weighted by atomic mass is 9.82. The second-order valence-electron chi connectivity index (χ2n) is 5.19. The van der Waals surface area contributed by atoms with Crippen LogP contribution in [-0.4, -0.2) is 22.6 Å². The molecule has 19 heavy (non-hydrogen) atoms. The lowest BCUT2D eigenvalue weighted by molar-refractivity contribution is -0.147. The Morgan fingerprint density at radius 1 is 1.42 bits per heavy atom. The molecule has 0 aliphatic rings. The predicted molar refractivity (Wildman–Crippen MR) is 75.0 cm³/mol. The fraction of sp³-hybridized carbons (Fsp3) is 0.333. The normalized spacial score (nSPS) is 14.3. The van der Waals surface area contributed by atoms with Crippen LogP contribution in [-0.2, 0) is 11.2 Å². The zero-order valence-corrected chi connectivity index (χ0v) is 11.2. The topological polar surface area (TPSA) is 76.2 Å². The predicted octanol–water partition coefficient (Wildman–Crippen LogP) is 2.14. The van der Waals surface area contributed by atoms with Crippen LogP contribution < -0.4 is 5.73 Å². The van der Waals surface area contributed by atoms with E-state index in [4.69, 9.17) is 5.73 Å². The molecular formula is C15H18N2O2. The maximum atomic E-state index is 11.4. The first-order valence-electron chi connectivity index (χ1n) is 6.25. The van der Waals surface area contributed by atoms with Crippen LogP contribution in [0.2, 0.25) is 0 Å². The van der Waals surface area contributed by atoms with Crippen molar-refractivity contribution < 1.29 is 9.90 Å². The number of carboxylic acid groups (broad SMARTS) is 1. The number of pyridine rings is 1. The first-order valence-corrected chi connectivity index (χ1v) is 6.25. The lowest BCUT2D eigenvalue weighted by Gasteiger charge is -2.23. The van der Waals surface area contributed by atoms with Crippen molar-refractivity contribution in [3.8, 4) is 0 Å². The molecule has 1 unspecified atom stereocenters. The van der Waals surface area contributed by atoms with E-state index in [0.717, 1.165) is 22.2 Å². The molecule has 2 rings (SSSR count). The summed E-state index contributed by atoms with van der Waals surface area (Å²) in [7, 11) is 0. The number of carbonyl (C=O) groups is 1. The first kappa shape index (κ1) is 13.5. The fourth-order valence-electron chi connectivity index (χ4n) is 2.20. The number of hydrogen-bond donors (Lipinski definition) is 2. The average Bonchev–Trinajstić information content (AvgIpc) is 2.38. The van der Waals surface area contributed by atoms with E-state index in [2.05, 4.69) is 4.98 Å². The molecule has 0 fully saturated rings. The van der Waals surface area contributed by atoms with Crippen LogP contribution >= 0.6 is 0 Å². The average molecular weight is 258 g/mol. The molecule has 3 N–H and O–H groups in total. The highest BCUT2D eigenvalue weighted by atomic mass is 16.4. The largest absolute Gasteiger partial charge is 0.481 e. The molecule has 0 saturated carbocycles. The van der Waals surface area contributed by atoms with E-state index < -0.39 is 11.4 Å². The standard InChI is InChI=1S/C15H18N2O2/c1-10-7-11(8-15(2,9-16)14(18)19)12-5-3-4-6-13(12)17-10/h3-7H,8-9,16H2,1-2H3,(H,18,19). The van der Waals surface area contributed by atoms with E-state index in [1.165, 1.54) is 0 Å². The van der Waals surface area contributed by atoms with Gasteiger partial charge in [-0.2, -0.15) is 0 Å². The maximum absolute atomic E-state index is 11.4. The second-order valence-corrected chi connectivity index (χ2v) is 5.19. The molecule has 0 aliphatic heterocycles. The second kappa shape index (κ2) is 4.97. The zero-order chi connectivity index (χ0) is 14.0. The number of rotatable bonds is 4. The highest BCUT2D eigenvalue weighted by molar-refractivity contribution is 5.83. The Bertz CT molecular complexity index is 625. The van der Waals surface area contributed by atoms with E-state index >= 15 is 0 Å². The van der Waals surface area contributed by atoms with Gasteiger partial charge in [-0.1, -0.05) is 18.2 Å². The third-order valence-corrected chi connectivity index (χ3v) is 3.48. The molecule has 0 amide bonds. The molecule has 100 valence electrons. The van der Waals surface area contributed by atoms with Crippen LogP contribution in [0.1, 0.15) is 18.2 Å². The number of nitrogens with two attached hydrogens (primary N) is 1. The van der Waals surface area contributed by atoms with Crippen molar-refractivity contribution in [2.45, 2.75) is 20.3 Å². The number of aliphatic carboxylic acids is 1. The van der Waals surface area contributed by atoms with Crippen LogP contribution in [0.15, 0.2) is 30.3 Å². The molecule has 0 saturated heterocycles. The van der Waals surface area contributed by atoms with E-state index in [1.807, 2.05) is 37.3 Å².